The van der Waals surface area contributed by atoms with E-state index < -0.39 is 0 Å². The zero-order valence-corrected chi connectivity index (χ0v) is 12.0. The van der Waals surface area contributed by atoms with Gasteiger partial charge in [-0.05, 0) is 18.2 Å². The Morgan fingerprint density at radius 3 is 2.24 bits per heavy atom. The van der Waals surface area contributed by atoms with Crippen LogP contribution >= 0.6 is 23.2 Å². The summed E-state index contributed by atoms with van der Waals surface area (Å²) >= 11 is 11.8. The minimum absolute atomic E-state index is 0.440. The van der Waals surface area contributed by atoms with Gasteiger partial charge in [-0.2, -0.15) is 0 Å². The van der Waals surface area contributed by atoms with Crippen molar-refractivity contribution in [2.45, 2.75) is 26.8 Å². The molecule has 0 aliphatic rings. The highest BCUT2D eigenvalue weighted by molar-refractivity contribution is 6.34. The van der Waals surface area contributed by atoms with Gasteiger partial charge in [-0.25, -0.2) is 0 Å². The highest BCUT2D eigenvalue weighted by Crippen LogP contribution is 2.24. The van der Waals surface area contributed by atoms with Crippen molar-refractivity contribution >= 4 is 23.2 Å². The molecule has 0 spiro atoms. The van der Waals surface area contributed by atoms with E-state index in [1.165, 1.54) is 0 Å². The number of hydrogen-bond donors (Lipinski definition) is 1. The Morgan fingerprint density at radius 2 is 1.71 bits per heavy atom. The first-order valence-corrected chi connectivity index (χ1v) is 6.55. The van der Waals surface area contributed by atoms with E-state index >= 15 is 0 Å². The lowest BCUT2D eigenvalue weighted by molar-refractivity contribution is 0.253. The monoisotopic (exact) mass is 275 g/mol. The van der Waals surface area contributed by atoms with Gasteiger partial charge in [-0.1, -0.05) is 44.0 Å². The molecule has 0 heterocycles. The van der Waals surface area contributed by atoms with Crippen LogP contribution in [0.15, 0.2) is 18.2 Å². The maximum Gasteiger partial charge on any atom is 0.122 e. The van der Waals surface area contributed by atoms with Crippen LogP contribution in [0.1, 0.15) is 20.8 Å². The third kappa shape index (κ3) is 6.16. The van der Waals surface area contributed by atoms with Crippen molar-refractivity contribution in [2.24, 2.45) is 5.92 Å². The van der Waals surface area contributed by atoms with Crippen molar-refractivity contribution in [1.82, 2.24) is 5.32 Å². The molecule has 0 aliphatic heterocycles. The second-order valence-corrected chi connectivity index (χ2v) is 5.46. The van der Waals surface area contributed by atoms with Crippen molar-refractivity contribution in [2.75, 3.05) is 13.2 Å². The maximum absolute atomic E-state index is 5.89. The molecule has 1 aromatic rings. The molecule has 0 bridgehead atoms. The van der Waals surface area contributed by atoms with Gasteiger partial charge in [0.1, 0.15) is 5.75 Å². The van der Waals surface area contributed by atoms with Crippen molar-refractivity contribution in [1.29, 1.82) is 0 Å². The fourth-order valence-corrected chi connectivity index (χ4v) is 1.85. The normalized spacial score (nSPS) is 12.8. The molecule has 0 saturated carbocycles. The molecule has 1 N–H and O–H groups in total. The first-order valence-electron chi connectivity index (χ1n) is 5.79. The molecule has 4 heteroatoms. The predicted octanol–water partition coefficient (Wildman–Crippen LogP) is 4.01. The molecular formula is C13H19Cl2NO. The van der Waals surface area contributed by atoms with Crippen molar-refractivity contribution < 1.29 is 4.74 Å². The number of ether oxygens (including phenoxy) is 1. The van der Waals surface area contributed by atoms with Crippen molar-refractivity contribution in [3.8, 4) is 5.75 Å². The lowest BCUT2D eigenvalue weighted by Gasteiger charge is -2.16. The van der Waals surface area contributed by atoms with Crippen LogP contribution in [0.2, 0.25) is 10.0 Å². The summed E-state index contributed by atoms with van der Waals surface area (Å²) in [6.07, 6.45) is 0. The smallest absolute Gasteiger partial charge is 0.122 e. The topological polar surface area (TPSA) is 21.3 Å². The van der Waals surface area contributed by atoms with E-state index in [0.717, 1.165) is 12.3 Å². The quantitative estimate of drug-likeness (QED) is 0.847. The Kier molecular flexibility index (Phi) is 6.10. The van der Waals surface area contributed by atoms with E-state index in [2.05, 4.69) is 26.1 Å². The molecule has 0 radical (unpaired) electrons. The zero-order valence-electron chi connectivity index (χ0n) is 10.5. The van der Waals surface area contributed by atoms with E-state index in [9.17, 15) is 0 Å². The van der Waals surface area contributed by atoms with E-state index in [1.54, 1.807) is 18.2 Å². The van der Waals surface area contributed by atoms with E-state index in [1.807, 2.05) is 0 Å². The van der Waals surface area contributed by atoms with Gasteiger partial charge in [-0.15, -0.1) is 0 Å². The van der Waals surface area contributed by atoms with Crippen LogP contribution in [0.5, 0.6) is 5.75 Å². The number of nitrogens with one attached hydrogen (secondary N) is 1. The molecule has 0 fully saturated rings. The molecular weight excluding hydrogens is 257 g/mol. The Morgan fingerprint density at radius 1 is 1.12 bits per heavy atom. The highest BCUT2D eigenvalue weighted by atomic mass is 35.5. The zero-order chi connectivity index (χ0) is 12.8. The van der Waals surface area contributed by atoms with Crippen LogP contribution in [0.3, 0.4) is 0 Å². The lowest BCUT2D eigenvalue weighted by atomic mass is 10.2. The van der Waals surface area contributed by atoms with Gasteiger partial charge in [-0.3, -0.25) is 0 Å². The minimum Gasteiger partial charge on any atom is -0.493 e. The van der Waals surface area contributed by atoms with Crippen LogP contribution in [-0.2, 0) is 0 Å². The second kappa shape index (κ2) is 7.10. The van der Waals surface area contributed by atoms with Crippen LogP contribution < -0.4 is 10.1 Å². The number of rotatable bonds is 6. The molecule has 1 unspecified atom stereocenters. The summed E-state index contributed by atoms with van der Waals surface area (Å²) in [5.74, 6) is 1.16. The summed E-state index contributed by atoms with van der Waals surface area (Å²) < 4.78 is 5.65. The third-order valence-electron chi connectivity index (χ3n) is 2.25. The minimum atomic E-state index is 0.440. The van der Waals surface area contributed by atoms with Crippen LogP contribution in [-0.4, -0.2) is 19.2 Å². The summed E-state index contributed by atoms with van der Waals surface area (Å²) in [7, 11) is 0. The fraction of sp³-hybridized carbons (Fsp3) is 0.538. The summed E-state index contributed by atoms with van der Waals surface area (Å²) in [4.78, 5) is 0. The molecule has 0 saturated heterocycles. The average molecular weight is 276 g/mol. The van der Waals surface area contributed by atoms with Gasteiger partial charge in [0.15, 0.2) is 0 Å². The number of hydrogen-bond acceptors (Lipinski definition) is 2. The number of benzene rings is 1. The largest absolute Gasteiger partial charge is 0.493 e. The van der Waals surface area contributed by atoms with Gasteiger partial charge in [0.05, 0.1) is 6.61 Å². The number of halogens is 2. The molecule has 17 heavy (non-hydrogen) atoms. The van der Waals surface area contributed by atoms with Gasteiger partial charge in [0, 0.05) is 28.5 Å². The Bertz CT molecular complexity index is 335. The molecule has 0 amide bonds. The summed E-state index contributed by atoms with van der Waals surface area (Å²) in [5.41, 5.74) is 0. The SMILES string of the molecule is CC(CNC(C)C)COc1cc(Cl)cc(Cl)c1. The molecule has 1 aromatic carbocycles. The maximum atomic E-state index is 5.89. The lowest BCUT2D eigenvalue weighted by Crippen LogP contribution is -2.30. The summed E-state index contributed by atoms with van der Waals surface area (Å²) in [6, 6.07) is 5.74. The summed E-state index contributed by atoms with van der Waals surface area (Å²) in [6.45, 7) is 7.98. The molecule has 0 aromatic heterocycles. The van der Waals surface area contributed by atoms with E-state index in [-0.39, 0.29) is 0 Å². The Hall–Kier alpha value is -0.440. The van der Waals surface area contributed by atoms with Crippen LogP contribution in [0, 0.1) is 5.92 Å². The summed E-state index contributed by atoms with van der Waals surface area (Å²) in [5, 5.41) is 4.57. The van der Waals surface area contributed by atoms with Crippen molar-refractivity contribution in [3.63, 3.8) is 0 Å². The van der Waals surface area contributed by atoms with Gasteiger partial charge < -0.3 is 10.1 Å². The Balaban J connectivity index is 2.39. The van der Waals surface area contributed by atoms with E-state index in [0.29, 0.717) is 28.6 Å². The molecule has 2 nitrogen and oxygen atoms in total. The fourth-order valence-electron chi connectivity index (χ4n) is 1.35. The predicted molar refractivity (Wildman–Crippen MR) is 74.3 cm³/mol. The Labute approximate surface area is 113 Å². The average Bonchev–Trinajstić information content (AvgIpc) is 2.22. The standard InChI is InChI=1S/C13H19Cl2NO/c1-9(2)16-7-10(3)8-17-13-5-11(14)4-12(15)6-13/h4-6,9-10,16H,7-8H2,1-3H3. The second-order valence-electron chi connectivity index (χ2n) is 4.58. The van der Waals surface area contributed by atoms with Crippen LogP contribution in [0.25, 0.3) is 0 Å². The molecule has 0 aliphatic carbocycles. The van der Waals surface area contributed by atoms with E-state index in [4.69, 9.17) is 27.9 Å². The van der Waals surface area contributed by atoms with Crippen LogP contribution in [0.4, 0.5) is 0 Å². The molecule has 1 rings (SSSR count). The molecule has 1 atom stereocenters. The van der Waals surface area contributed by atoms with Gasteiger partial charge >= 0.3 is 0 Å². The third-order valence-corrected chi connectivity index (χ3v) is 2.68. The van der Waals surface area contributed by atoms with Crippen molar-refractivity contribution in [3.05, 3.63) is 28.2 Å². The van der Waals surface area contributed by atoms with Gasteiger partial charge in [0.25, 0.3) is 0 Å². The molecule has 96 valence electrons. The first-order chi connectivity index (χ1) is 7.97. The first kappa shape index (κ1) is 14.6. The highest BCUT2D eigenvalue weighted by Gasteiger charge is 2.05. The van der Waals surface area contributed by atoms with Gasteiger partial charge in [0.2, 0.25) is 0 Å².